The largest absolute Gasteiger partial charge is 0.294 e. The number of hydrogen-bond donors (Lipinski definition) is 0. The van der Waals surface area contributed by atoms with E-state index < -0.39 is 11.6 Å². The van der Waals surface area contributed by atoms with Crippen LogP contribution in [-0.4, -0.2) is 5.78 Å². The summed E-state index contributed by atoms with van der Waals surface area (Å²) in [4.78, 5) is 12.0. The van der Waals surface area contributed by atoms with Gasteiger partial charge in [0, 0.05) is 4.88 Å². The van der Waals surface area contributed by atoms with Crippen LogP contribution in [0.25, 0.3) is 10.4 Å². The van der Waals surface area contributed by atoms with Crippen LogP contribution in [0.15, 0.2) is 30.3 Å². The first kappa shape index (κ1) is 11.0. The number of halogens is 2. The second-order valence-corrected chi connectivity index (χ2v) is 4.40. The zero-order chi connectivity index (χ0) is 11.7. The highest BCUT2D eigenvalue weighted by Crippen LogP contribution is 2.32. The van der Waals surface area contributed by atoms with E-state index in [1.807, 2.05) is 0 Å². The number of benzene rings is 1. The smallest absolute Gasteiger partial charge is 0.169 e. The van der Waals surface area contributed by atoms with Gasteiger partial charge in [-0.25, -0.2) is 8.78 Å². The highest BCUT2D eigenvalue weighted by atomic mass is 32.1. The minimum Gasteiger partial charge on any atom is -0.294 e. The Labute approximate surface area is 95.4 Å². The number of ketones is 1. The van der Waals surface area contributed by atoms with Crippen LogP contribution in [0.5, 0.6) is 0 Å². The fraction of sp³-hybridized carbons (Fsp3) is 0.0833. The van der Waals surface area contributed by atoms with Crippen molar-refractivity contribution in [3.63, 3.8) is 0 Å². The van der Waals surface area contributed by atoms with E-state index >= 15 is 0 Å². The van der Waals surface area contributed by atoms with Crippen LogP contribution in [-0.2, 0) is 0 Å². The predicted octanol–water partition coefficient (Wildman–Crippen LogP) is 3.90. The lowest BCUT2D eigenvalue weighted by Gasteiger charge is -2.00. The van der Waals surface area contributed by atoms with Crippen molar-refractivity contribution >= 4 is 17.1 Å². The van der Waals surface area contributed by atoms with E-state index in [0.29, 0.717) is 9.75 Å². The van der Waals surface area contributed by atoms with Gasteiger partial charge in [0.15, 0.2) is 5.78 Å². The molecule has 82 valence electrons. The Morgan fingerprint density at radius 1 is 1.12 bits per heavy atom. The summed E-state index contributed by atoms with van der Waals surface area (Å²) in [6.45, 7) is 1.42. The van der Waals surface area contributed by atoms with Crippen molar-refractivity contribution in [2.24, 2.45) is 0 Å². The molecule has 0 fully saturated rings. The third kappa shape index (κ3) is 1.88. The Hall–Kier alpha value is -1.55. The van der Waals surface area contributed by atoms with E-state index in [0.717, 1.165) is 11.3 Å². The minimum absolute atomic E-state index is 0.0694. The van der Waals surface area contributed by atoms with Crippen molar-refractivity contribution in [2.75, 3.05) is 0 Å². The molecule has 0 saturated carbocycles. The topological polar surface area (TPSA) is 17.1 Å². The average Bonchev–Trinajstić information content (AvgIpc) is 2.66. The summed E-state index contributed by atoms with van der Waals surface area (Å²) >= 11 is 1.09. The van der Waals surface area contributed by atoms with E-state index in [1.165, 1.54) is 25.1 Å². The van der Waals surface area contributed by atoms with E-state index in [4.69, 9.17) is 0 Å². The number of carbonyl (C=O) groups is 1. The SMILES string of the molecule is CC(=O)c1ccc(-c2c(F)cccc2F)s1. The fourth-order valence-corrected chi connectivity index (χ4v) is 2.34. The molecule has 0 atom stereocenters. The summed E-state index contributed by atoms with van der Waals surface area (Å²) in [5.41, 5.74) is -0.0694. The van der Waals surface area contributed by atoms with Crippen molar-refractivity contribution in [1.29, 1.82) is 0 Å². The lowest BCUT2D eigenvalue weighted by atomic mass is 10.1. The molecule has 2 rings (SSSR count). The first-order valence-corrected chi connectivity index (χ1v) is 5.46. The van der Waals surface area contributed by atoms with Crippen LogP contribution in [0.3, 0.4) is 0 Å². The van der Waals surface area contributed by atoms with Gasteiger partial charge < -0.3 is 0 Å². The number of carbonyl (C=O) groups excluding carboxylic acids is 1. The van der Waals surface area contributed by atoms with Crippen LogP contribution in [0.1, 0.15) is 16.6 Å². The summed E-state index contributed by atoms with van der Waals surface area (Å²) in [5.74, 6) is -1.33. The van der Waals surface area contributed by atoms with Crippen molar-refractivity contribution in [2.45, 2.75) is 6.92 Å². The standard InChI is InChI=1S/C12H8F2OS/c1-7(15)10-5-6-11(16-10)12-8(13)3-2-4-9(12)14/h2-6H,1H3. The lowest BCUT2D eigenvalue weighted by Crippen LogP contribution is -1.86. The van der Waals surface area contributed by atoms with Gasteiger partial charge in [-0.3, -0.25) is 4.79 Å². The molecule has 1 nitrogen and oxygen atoms in total. The van der Waals surface area contributed by atoms with Gasteiger partial charge in [-0.15, -0.1) is 11.3 Å². The molecule has 0 aliphatic heterocycles. The Balaban J connectivity index is 2.54. The number of hydrogen-bond acceptors (Lipinski definition) is 2. The summed E-state index contributed by atoms with van der Waals surface area (Å²) < 4.78 is 26.9. The Kier molecular flexibility index (Phi) is 2.83. The maximum Gasteiger partial charge on any atom is 0.169 e. The molecule has 1 aromatic carbocycles. The molecule has 0 N–H and O–H groups in total. The van der Waals surface area contributed by atoms with Gasteiger partial charge in [0.2, 0.25) is 0 Å². The number of thiophene rings is 1. The third-order valence-electron chi connectivity index (χ3n) is 2.16. The zero-order valence-electron chi connectivity index (χ0n) is 8.46. The molecule has 0 spiro atoms. The quantitative estimate of drug-likeness (QED) is 0.725. The van der Waals surface area contributed by atoms with Gasteiger partial charge in [-0.2, -0.15) is 0 Å². The summed E-state index contributed by atoms with van der Waals surface area (Å²) in [6.07, 6.45) is 0. The monoisotopic (exact) mass is 238 g/mol. The summed E-state index contributed by atoms with van der Waals surface area (Å²) in [5, 5.41) is 0. The van der Waals surface area contributed by atoms with Gasteiger partial charge in [-0.05, 0) is 31.2 Å². The molecule has 0 aliphatic rings. The zero-order valence-corrected chi connectivity index (χ0v) is 9.28. The molecule has 1 heterocycles. The first-order valence-electron chi connectivity index (χ1n) is 4.65. The molecule has 0 saturated heterocycles. The molecule has 0 bridgehead atoms. The fourth-order valence-electron chi connectivity index (χ4n) is 1.39. The van der Waals surface area contributed by atoms with Crippen molar-refractivity contribution < 1.29 is 13.6 Å². The Morgan fingerprint density at radius 2 is 1.75 bits per heavy atom. The number of rotatable bonds is 2. The molecule has 0 aliphatic carbocycles. The van der Waals surface area contributed by atoms with Gasteiger partial charge in [0.05, 0.1) is 10.4 Å². The van der Waals surface area contributed by atoms with Gasteiger partial charge >= 0.3 is 0 Å². The van der Waals surface area contributed by atoms with Crippen molar-refractivity contribution in [1.82, 2.24) is 0 Å². The predicted molar refractivity (Wildman–Crippen MR) is 59.7 cm³/mol. The highest BCUT2D eigenvalue weighted by molar-refractivity contribution is 7.17. The highest BCUT2D eigenvalue weighted by Gasteiger charge is 2.14. The maximum absolute atomic E-state index is 13.4. The van der Waals surface area contributed by atoms with Crippen LogP contribution < -0.4 is 0 Å². The van der Waals surface area contributed by atoms with Gasteiger partial charge in [-0.1, -0.05) is 6.07 Å². The Bertz CT molecular complexity index is 525. The van der Waals surface area contributed by atoms with Crippen LogP contribution in [0.2, 0.25) is 0 Å². The van der Waals surface area contributed by atoms with Crippen LogP contribution >= 0.6 is 11.3 Å². The molecule has 2 aromatic rings. The molecule has 16 heavy (non-hydrogen) atoms. The third-order valence-corrected chi connectivity index (χ3v) is 3.37. The second kappa shape index (κ2) is 4.14. The van der Waals surface area contributed by atoms with E-state index in [2.05, 4.69) is 0 Å². The molecular weight excluding hydrogens is 230 g/mol. The first-order chi connectivity index (χ1) is 7.59. The molecule has 4 heteroatoms. The van der Waals surface area contributed by atoms with Gasteiger partial charge in [0.25, 0.3) is 0 Å². The molecule has 0 unspecified atom stereocenters. The maximum atomic E-state index is 13.4. The minimum atomic E-state index is -0.614. The van der Waals surface area contributed by atoms with Crippen LogP contribution in [0.4, 0.5) is 8.78 Å². The molecule has 1 aromatic heterocycles. The van der Waals surface area contributed by atoms with E-state index in [9.17, 15) is 13.6 Å². The normalized spacial score (nSPS) is 10.4. The second-order valence-electron chi connectivity index (χ2n) is 3.32. The molecule has 0 amide bonds. The van der Waals surface area contributed by atoms with Crippen molar-refractivity contribution in [3.8, 4) is 10.4 Å². The van der Waals surface area contributed by atoms with E-state index in [-0.39, 0.29) is 11.3 Å². The summed E-state index contributed by atoms with van der Waals surface area (Å²) in [7, 11) is 0. The Morgan fingerprint density at radius 3 is 2.25 bits per heavy atom. The van der Waals surface area contributed by atoms with Crippen LogP contribution in [0, 0.1) is 11.6 Å². The van der Waals surface area contributed by atoms with Gasteiger partial charge in [0.1, 0.15) is 11.6 Å². The lowest BCUT2D eigenvalue weighted by molar-refractivity contribution is 0.102. The summed E-state index contributed by atoms with van der Waals surface area (Å²) in [6, 6.07) is 6.85. The van der Waals surface area contributed by atoms with Crippen molar-refractivity contribution in [3.05, 3.63) is 46.8 Å². The molecule has 0 radical (unpaired) electrons. The molecular formula is C12H8F2OS. The number of Topliss-reactive ketones (excluding diaryl/α,β-unsaturated/α-hetero) is 1. The van der Waals surface area contributed by atoms with E-state index in [1.54, 1.807) is 12.1 Å². The average molecular weight is 238 g/mol.